The lowest BCUT2D eigenvalue weighted by molar-refractivity contribution is 0.402. The molecular formula is C18H22ClN5. The molecule has 0 bridgehead atoms. The normalized spacial score (nSPS) is 11.4. The molecule has 0 aliphatic rings. The highest BCUT2D eigenvalue weighted by Crippen LogP contribution is 2.23. The van der Waals surface area contributed by atoms with E-state index >= 15 is 0 Å². The average Bonchev–Trinajstić information content (AvgIpc) is 3.08. The third kappa shape index (κ3) is 3.52. The number of aromatic nitrogens is 4. The van der Waals surface area contributed by atoms with Crippen LogP contribution in [-0.4, -0.2) is 38.6 Å². The maximum Gasteiger partial charge on any atom is 0.132 e. The largest absolute Gasteiger partial charge is 0.305 e. The highest BCUT2D eigenvalue weighted by molar-refractivity contribution is 6.30. The van der Waals surface area contributed by atoms with E-state index in [-0.39, 0.29) is 0 Å². The lowest BCUT2D eigenvalue weighted by atomic mass is 10.1. The van der Waals surface area contributed by atoms with Crippen molar-refractivity contribution < 1.29 is 0 Å². The zero-order valence-corrected chi connectivity index (χ0v) is 15.2. The lowest BCUT2D eigenvalue weighted by Gasteiger charge is -2.10. The molecule has 0 spiro atoms. The smallest absolute Gasteiger partial charge is 0.132 e. The van der Waals surface area contributed by atoms with Crippen LogP contribution in [0.1, 0.15) is 16.8 Å². The van der Waals surface area contributed by atoms with Crippen LogP contribution in [0.4, 0.5) is 0 Å². The molecular weight excluding hydrogens is 322 g/mol. The molecule has 5 nitrogen and oxygen atoms in total. The molecule has 1 aromatic carbocycles. The molecule has 2 heterocycles. The second-order valence-electron chi connectivity index (χ2n) is 6.34. The summed E-state index contributed by atoms with van der Waals surface area (Å²) >= 11 is 6.31. The summed E-state index contributed by atoms with van der Waals surface area (Å²) < 4.78 is 3.60. The molecule has 126 valence electrons. The van der Waals surface area contributed by atoms with Crippen molar-refractivity contribution >= 4 is 11.6 Å². The minimum absolute atomic E-state index is 0.621. The second-order valence-corrected chi connectivity index (χ2v) is 6.70. The molecule has 2 aromatic heterocycles. The summed E-state index contributed by atoms with van der Waals surface area (Å²) in [4.78, 5) is 2.16. The molecule has 0 fully saturated rings. The van der Waals surface area contributed by atoms with E-state index in [4.69, 9.17) is 11.6 Å². The Labute approximate surface area is 147 Å². The fourth-order valence-corrected chi connectivity index (χ4v) is 3.06. The van der Waals surface area contributed by atoms with E-state index in [1.54, 1.807) is 4.68 Å². The van der Waals surface area contributed by atoms with Gasteiger partial charge in [0.05, 0.1) is 18.4 Å². The van der Waals surface area contributed by atoms with Crippen molar-refractivity contribution in [2.45, 2.75) is 20.0 Å². The average molecular weight is 344 g/mol. The van der Waals surface area contributed by atoms with E-state index < -0.39 is 0 Å². The third-order valence-corrected chi connectivity index (χ3v) is 4.46. The Morgan fingerprint density at radius 3 is 2.67 bits per heavy atom. The fraction of sp³-hybridized carbons (Fsp3) is 0.333. The Balaban J connectivity index is 1.83. The van der Waals surface area contributed by atoms with Gasteiger partial charge >= 0.3 is 0 Å². The van der Waals surface area contributed by atoms with Crippen LogP contribution in [0.5, 0.6) is 0 Å². The van der Waals surface area contributed by atoms with Gasteiger partial charge in [0.2, 0.25) is 0 Å². The van der Waals surface area contributed by atoms with Crippen LogP contribution in [0, 0.1) is 6.92 Å². The van der Waals surface area contributed by atoms with Gasteiger partial charge in [-0.05, 0) is 38.2 Å². The van der Waals surface area contributed by atoms with Crippen LogP contribution in [0.25, 0.3) is 11.1 Å². The lowest BCUT2D eigenvalue weighted by Crippen LogP contribution is -2.10. The van der Waals surface area contributed by atoms with Gasteiger partial charge in [0.1, 0.15) is 5.15 Å². The Morgan fingerprint density at radius 1 is 1.21 bits per heavy atom. The number of aryl methyl sites for hydroxylation is 2. The molecule has 0 aliphatic heterocycles. The molecule has 0 saturated carbocycles. The number of nitrogens with zero attached hydrogens (tertiary/aromatic N) is 5. The van der Waals surface area contributed by atoms with Crippen LogP contribution in [0.2, 0.25) is 5.15 Å². The van der Waals surface area contributed by atoms with Crippen LogP contribution >= 0.6 is 11.6 Å². The summed E-state index contributed by atoms with van der Waals surface area (Å²) in [5.41, 5.74) is 5.52. The Kier molecular flexibility index (Phi) is 4.73. The molecule has 3 aromatic rings. The van der Waals surface area contributed by atoms with Gasteiger partial charge in [-0.15, -0.1) is 0 Å². The minimum atomic E-state index is 0.621. The van der Waals surface area contributed by atoms with Gasteiger partial charge in [-0.1, -0.05) is 29.8 Å². The SMILES string of the molecule is Cc1nn(C)c(Cl)c1Cn1cc(-c2cccc(CN(C)C)c2)cn1. The number of halogens is 1. The monoisotopic (exact) mass is 343 g/mol. The van der Waals surface area contributed by atoms with Gasteiger partial charge in [-0.2, -0.15) is 10.2 Å². The summed E-state index contributed by atoms with van der Waals surface area (Å²) in [6.07, 6.45) is 3.95. The molecule has 0 radical (unpaired) electrons. The molecule has 0 aliphatic carbocycles. The van der Waals surface area contributed by atoms with Crippen LogP contribution < -0.4 is 0 Å². The van der Waals surface area contributed by atoms with Crippen molar-refractivity contribution in [3.05, 3.63) is 58.6 Å². The van der Waals surface area contributed by atoms with E-state index in [1.165, 1.54) is 11.1 Å². The predicted molar refractivity (Wildman–Crippen MR) is 97.1 cm³/mol. The summed E-state index contributed by atoms with van der Waals surface area (Å²) in [5, 5.41) is 9.49. The van der Waals surface area contributed by atoms with Crippen LogP contribution in [-0.2, 0) is 20.1 Å². The second kappa shape index (κ2) is 6.79. The standard InChI is InChI=1S/C18H22ClN5/c1-13-17(18(19)23(4)21-13)12-24-11-16(9-20-24)15-7-5-6-14(8-15)10-22(2)3/h5-9,11H,10,12H2,1-4H3. The first-order valence-electron chi connectivity index (χ1n) is 7.88. The van der Waals surface area contributed by atoms with Gasteiger partial charge in [-0.25, -0.2) is 0 Å². The predicted octanol–water partition coefficient (Wildman–Crippen LogP) is 3.36. The summed E-state index contributed by atoms with van der Waals surface area (Å²) in [6, 6.07) is 8.56. The Morgan fingerprint density at radius 2 is 2.00 bits per heavy atom. The zero-order chi connectivity index (χ0) is 17.3. The first kappa shape index (κ1) is 16.7. The van der Waals surface area contributed by atoms with Crippen molar-refractivity contribution in [2.75, 3.05) is 14.1 Å². The topological polar surface area (TPSA) is 38.9 Å². The first-order valence-corrected chi connectivity index (χ1v) is 8.26. The maximum atomic E-state index is 6.31. The summed E-state index contributed by atoms with van der Waals surface area (Å²) in [5.74, 6) is 0. The maximum absolute atomic E-state index is 6.31. The van der Waals surface area contributed by atoms with E-state index in [0.717, 1.165) is 23.4 Å². The van der Waals surface area contributed by atoms with Crippen molar-refractivity contribution in [1.29, 1.82) is 0 Å². The molecule has 0 amide bonds. The van der Waals surface area contributed by atoms with E-state index in [1.807, 2.05) is 24.9 Å². The van der Waals surface area contributed by atoms with Gasteiger partial charge in [0, 0.05) is 30.9 Å². The van der Waals surface area contributed by atoms with Crippen LogP contribution in [0.15, 0.2) is 36.7 Å². The molecule has 0 atom stereocenters. The number of hydrogen-bond donors (Lipinski definition) is 0. The Hall–Kier alpha value is -2.11. The number of benzene rings is 1. The van der Waals surface area contributed by atoms with Crippen molar-refractivity contribution in [3.8, 4) is 11.1 Å². The van der Waals surface area contributed by atoms with E-state index in [2.05, 4.69) is 59.7 Å². The molecule has 0 saturated heterocycles. The third-order valence-electron chi connectivity index (χ3n) is 3.98. The Bertz CT molecular complexity index is 847. The van der Waals surface area contributed by atoms with Crippen molar-refractivity contribution in [2.24, 2.45) is 7.05 Å². The quantitative estimate of drug-likeness (QED) is 0.713. The van der Waals surface area contributed by atoms with Gasteiger partial charge in [0.15, 0.2) is 0 Å². The molecule has 0 unspecified atom stereocenters. The first-order chi connectivity index (χ1) is 11.4. The van der Waals surface area contributed by atoms with Crippen molar-refractivity contribution in [1.82, 2.24) is 24.5 Å². The fourth-order valence-electron chi connectivity index (χ4n) is 2.83. The molecule has 24 heavy (non-hydrogen) atoms. The van der Waals surface area contributed by atoms with Crippen molar-refractivity contribution in [3.63, 3.8) is 0 Å². The van der Waals surface area contributed by atoms with E-state index in [0.29, 0.717) is 11.7 Å². The summed E-state index contributed by atoms with van der Waals surface area (Å²) in [6.45, 7) is 3.51. The summed E-state index contributed by atoms with van der Waals surface area (Å²) in [7, 11) is 6.00. The molecule has 6 heteroatoms. The molecule has 3 rings (SSSR count). The van der Waals surface area contributed by atoms with E-state index in [9.17, 15) is 0 Å². The van der Waals surface area contributed by atoms with Gasteiger partial charge in [-0.3, -0.25) is 9.36 Å². The van der Waals surface area contributed by atoms with Crippen LogP contribution in [0.3, 0.4) is 0 Å². The van der Waals surface area contributed by atoms with Gasteiger partial charge < -0.3 is 4.90 Å². The highest BCUT2D eigenvalue weighted by atomic mass is 35.5. The molecule has 0 N–H and O–H groups in total. The number of rotatable bonds is 5. The highest BCUT2D eigenvalue weighted by Gasteiger charge is 2.12. The zero-order valence-electron chi connectivity index (χ0n) is 14.5. The minimum Gasteiger partial charge on any atom is -0.305 e. The van der Waals surface area contributed by atoms with Gasteiger partial charge in [0.25, 0.3) is 0 Å². The number of hydrogen-bond acceptors (Lipinski definition) is 3.